The second kappa shape index (κ2) is 10.5. The Bertz CT molecular complexity index is 859. The Kier molecular flexibility index (Phi) is 7.45. The molecule has 0 saturated carbocycles. The predicted octanol–water partition coefficient (Wildman–Crippen LogP) is 4.74. The van der Waals surface area contributed by atoms with Crippen molar-refractivity contribution in [3.63, 3.8) is 0 Å². The summed E-state index contributed by atoms with van der Waals surface area (Å²) in [4.78, 5) is 14.5. The third kappa shape index (κ3) is 6.09. The molecule has 32 heavy (non-hydrogen) atoms. The average molecular weight is 453 g/mol. The van der Waals surface area contributed by atoms with Crippen LogP contribution in [0.2, 0.25) is 0 Å². The number of rotatable bonds is 5. The molecule has 0 atom stereocenters. The van der Waals surface area contributed by atoms with E-state index in [4.69, 9.17) is 22.2 Å². The van der Waals surface area contributed by atoms with Crippen LogP contribution in [0.15, 0.2) is 30.3 Å². The highest BCUT2D eigenvalue weighted by Gasteiger charge is 2.22. The van der Waals surface area contributed by atoms with Crippen LogP contribution >= 0.6 is 12.2 Å². The van der Waals surface area contributed by atoms with Gasteiger partial charge in [0.15, 0.2) is 5.11 Å². The summed E-state index contributed by atoms with van der Waals surface area (Å²) in [6.45, 7) is 11.6. The van der Waals surface area contributed by atoms with Gasteiger partial charge in [0.05, 0.1) is 0 Å². The molecule has 0 unspecified atom stereocenters. The van der Waals surface area contributed by atoms with Crippen LogP contribution in [0.4, 0.5) is 17.6 Å². The topological polar surface area (TPSA) is 56.3 Å². The standard InChI is InChI=1S/C25H36N6S/c1-18-4-6-21(7-5-18)17-26-25(32)29-24-27-22(30-12-8-19(2)9-13-30)16-23(28-24)31-14-10-20(3)11-15-31/h4-7,16,19-20H,8-15,17H2,1-3H3,(H2,26,27,28,29,32). The average Bonchev–Trinajstić information content (AvgIpc) is 2.79. The second-order valence-electron chi connectivity index (χ2n) is 9.54. The lowest BCUT2D eigenvalue weighted by Gasteiger charge is -2.34. The van der Waals surface area contributed by atoms with Crippen LogP contribution in [-0.2, 0) is 6.54 Å². The first kappa shape index (κ1) is 22.8. The van der Waals surface area contributed by atoms with Crippen LogP contribution in [-0.4, -0.2) is 41.3 Å². The number of benzene rings is 1. The monoisotopic (exact) mass is 452 g/mol. The molecule has 2 aliphatic heterocycles. The van der Waals surface area contributed by atoms with Gasteiger partial charge in [0, 0.05) is 38.8 Å². The molecule has 2 aliphatic rings. The summed E-state index contributed by atoms with van der Waals surface area (Å²) in [6, 6.07) is 10.6. The summed E-state index contributed by atoms with van der Waals surface area (Å²) in [7, 11) is 0. The third-order valence-corrected chi connectivity index (χ3v) is 6.96. The second-order valence-corrected chi connectivity index (χ2v) is 9.95. The molecule has 2 fully saturated rings. The molecule has 172 valence electrons. The summed E-state index contributed by atoms with van der Waals surface area (Å²) in [5.41, 5.74) is 2.45. The van der Waals surface area contributed by atoms with Crippen molar-refractivity contribution in [2.24, 2.45) is 11.8 Å². The van der Waals surface area contributed by atoms with Gasteiger partial charge in [0.2, 0.25) is 5.95 Å². The number of hydrogen-bond donors (Lipinski definition) is 2. The van der Waals surface area contributed by atoms with Crippen LogP contribution < -0.4 is 20.4 Å². The van der Waals surface area contributed by atoms with E-state index in [0.29, 0.717) is 17.6 Å². The molecule has 2 aromatic rings. The fraction of sp³-hybridized carbons (Fsp3) is 0.560. The minimum Gasteiger partial charge on any atom is -0.358 e. The SMILES string of the molecule is Cc1ccc(CNC(=S)Nc2nc(N3CCC(C)CC3)cc(N3CCC(C)CC3)n2)cc1. The maximum absolute atomic E-state index is 5.56. The van der Waals surface area contributed by atoms with E-state index in [1.54, 1.807) is 0 Å². The summed E-state index contributed by atoms with van der Waals surface area (Å²) < 4.78 is 0. The van der Waals surface area contributed by atoms with E-state index in [0.717, 1.165) is 49.7 Å². The minimum absolute atomic E-state index is 0.549. The number of thiocarbonyl (C=S) groups is 1. The smallest absolute Gasteiger partial charge is 0.232 e. The van der Waals surface area contributed by atoms with Gasteiger partial charge in [-0.25, -0.2) is 0 Å². The molecule has 1 aromatic carbocycles. The van der Waals surface area contributed by atoms with E-state index >= 15 is 0 Å². The number of aryl methyl sites for hydroxylation is 1. The zero-order valence-corrected chi connectivity index (χ0v) is 20.4. The first-order valence-electron chi connectivity index (χ1n) is 12.0. The molecule has 2 N–H and O–H groups in total. The van der Waals surface area contributed by atoms with Crippen molar-refractivity contribution >= 4 is 34.9 Å². The lowest BCUT2D eigenvalue weighted by atomic mass is 9.99. The highest BCUT2D eigenvalue weighted by Crippen LogP contribution is 2.28. The van der Waals surface area contributed by atoms with Crippen molar-refractivity contribution in [2.45, 2.75) is 53.0 Å². The lowest BCUT2D eigenvalue weighted by Crippen LogP contribution is -2.36. The van der Waals surface area contributed by atoms with Gasteiger partial charge in [-0.3, -0.25) is 0 Å². The van der Waals surface area contributed by atoms with E-state index in [9.17, 15) is 0 Å². The van der Waals surface area contributed by atoms with Crippen molar-refractivity contribution in [2.75, 3.05) is 41.3 Å². The van der Waals surface area contributed by atoms with Gasteiger partial charge in [-0.05, 0) is 62.2 Å². The fourth-order valence-electron chi connectivity index (χ4n) is 4.31. The fourth-order valence-corrected chi connectivity index (χ4v) is 4.47. The highest BCUT2D eigenvalue weighted by atomic mass is 32.1. The van der Waals surface area contributed by atoms with Gasteiger partial charge in [0.1, 0.15) is 11.6 Å². The van der Waals surface area contributed by atoms with Crippen LogP contribution in [0.3, 0.4) is 0 Å². The molecule has 4 rings (SSSR count). The van der Waals surface area contributed by atoms with Crippen LogP contribution in [0.1, 0.15) is 50.7 Å². The van der Waals surface area contributed by atoms with E-state index in [1.165, 1.54) is 36.8 Å². The number of nitrogens with zero attached hydrogens (tertiary/aromatic N) is 4. The van der Waals surface area contributed by atoms with E-state index < -0.39 is 0 Å². The number of hydrogen-bond acceptors (Lipinski definition) is 5. The molecular formula is C25H36N6S. The maximum Gasteiger partial charge on any atom is 0.232 e. The molecular weight excluding hydrogens is 416 g/mol. The summed E-state index contributed by atoms with van der Waals surface area (Å²) in [5, 5.41) is 7.08. The first-order chi connectivity index (χ1) is 15.5. The Hall–Kier alpha value is -2.41. The normalized spacial score (nSPS) is 18.0. The van der Waals surface area contributed by atoms with Gasteiger partial charge < -0.3 is 20.4 Å². The zero-order valence-electron chi connectivity index (χ0n) is 19.6. The highest BCUT2D eigenvalue weighted by molar-refractivity contribution is 7.80. The molecule has 0 radical (unpaired) electrons. The quantitative estimate of drug-likeness (QED) is 0.635. The van der Waals surface area contributed by atoms with Crippen LogP contribution in [0.5, 0.6) is 0 Å². The van der Waals surface area contributed by atoms with Gasteiger partial charge >= 0.3 is 0 Å². The van der Waals surface area contributed by atoms with Crippen molar-refractivity contribution in [1.82, 2.24) is 15.3 Å². The minimum atomic E-state index is 0.549. The first-order valence-corrected chi connectivity index (χ1v) is 12.4. The van der Waals surface area contributed by atoms with Gasteiger partial charge in [-0.1, -0.05) is 43.7 Å². The van der Waals surface area contributed by atoms with E-state index in [1.807, 2.05) is 0 Å². The molecule has 2 saturated heterocycles. The maximum atomic E-state index is 5.56. The van der Waals surface area contributed by atoms with Gasteiger partial charge in [0.25, 0.3) is 0 Å². The van der Waals surface area contributed by atoms with Crippen molar-refractivity contribution in [1.29, 1.82) is 0 Å². The molecule has 0 bridgehead atoms. The Labute approximate surface area is 197 Å². The Balaban J connectivity index is 1.47. The zero-order chi connectivity index (χ0) is 22.5. The van der Waals surface area contributed by atoms with Crippen LogP contribution in [0, 0.1) is 18.8 Å². The lowest BCUT2D eigenvalue weighted by molar-refractivity contribution is 0.433. The largest absolute Gasteiger partial charge is 0.358 e. The van der Waals surface area contributed by atoms with Crippen molar-refractivity contribution < 1.29 is 0 Å². The molecule has 6 nitrogen and oxygen atoms in total. The number of aromatic nitrogens is 2. The Morgan fingerprint density at radius 1 is 0.906 bits per heavy atom. The number of piperidine rings is 2. The third-order valence-electron chi connectivity index (χ3n) is 6.71. The Morgan fingerprint density at radius 3 is 1.91 bits per heavy atom. The molecule has 0 spiro atoms. The van der Waals surface area contributed by atoms with E-state index in [2.05, 4.69) is 71.5 Å². The molecule has 7 heteroatoms. The van der Waals surface area contributed by atoms with Crippen molar-refractivity contribution in [3.8, 4) is 0 Å². The van der Waals surface area contributed by atoms with Crippen molar-refractivity contribution in [3.05, 3.63) is 41.5 Å². The Morgan fingerprint density at radius 2 is 1.41 bits per heavy atom. The predicted molar refractivity (Wildman–Crippen MR) is 137 cm³/mol. The molecule has 1 aromatic heterocycles. The summed E-state index contributed by atoms with van der Waals surface area (Å²) in [6.07, 6.45) is 4.83. The number of nitrogens with one attached hydrogen (secondary N) is 2. The molecule has 0 aliphatic carbocycles. The van der Waals surface area contributed by atoms with Crippen LogP contribution in [0.25, 0.3) is 0 Å². The molecule has 3 heterocycles. The number of anilines is 3. The van der Waals surface area contributed by atoms with E-state index in [-0.39, 0.29) is 0 Å². The summed E-state index contributed by atoms with van der Waals surface area (Å²) >= 11 is 5.56. The van der Waals surface area contributed by atoms with Gasteiger partial charge in [-0.2, -0.15) is 9.97 Å². The molecule has 0 amide bonds. The van der Waals surface area contributed by atoms with Gasteiger partial charge in [-0.15, -0.1) is 0 Å². The summed E-state index contributed by atoms with van der Waals surface area (Å²) in [5.74, 6) is 4.16.